The first-order valence-electron chi connectivity index (χ1n) is 10.9. The molecule has 0 N–H and O–H groups in total. The van der Waals surface area contributed by atoms with Crippen molar-refractivity contribution in [1.82, 2.24) is 19.7 Å². The third-order valence-electron chi connectivity index (χ3n) is 6.28. The van der Waals surface area contributed by atoms with Crippen molar-refractivity contribution < 1.29 is 9.18 Å². The summed E-state index contributed by atoms with van der Waals surface area (Å²) in [7, 11) is 1.88. The van der Waals surface area contributed by atoms with Crippen LogP contribution in [0.2, 0.25) is 0 Å². The molecule has 0 unspecified atom stereocenters. The fourth-order valence-corrected chi connectivity index (χ4v) is 4.59. The molecule has 2 aromatic heterocycles. The van der Waals surface area contributed by atoms with E-state index in [2.05, 4.69) is 17.0 Å². The number of amides is 1. The summed E-state index contributed by atoms with van der Waals surface area (Å²) in [5.74, 6) is 0.157. The van der Waals surface area contributed by atoms with E-state index in [4.69, 9.17) is 0 Å². The molecular formula is C25H29FN4O. The van der Waals surface area contributed by atoms with Crippen molar-refractivity contribution in [3.05, 3.63) is 71.6 Å². The normalized spacial score (nSPS) is 18.9. The number of nitrogens with zero attached hydrogens (tertiary/aromatic N) is 4. The number of carbonyl (C=O) groups is 1. The lowest BCUT2D eigenvalue weighted by Crippen LogP contribution is -2.48. The number of aromatic nitrogens is 3. The number of likely N-dealkylation sites (tertiary alicyclic amines) is 1. The molecule has 0 spiro atoms. The highest BCUT2D eigenvalue weighted by Crippen LogP contribution is 2.31. The average Bonchev–Trinajstić information content (AvgIpc) is 3.19. The van der Waals surface area contributed by atoms with E-state index in [9.17, 15) is 9.18 Å². The minimum Gasteiger partial charge on any atom is -0.335 e. The number of rotatable bonds is 5. The Balaban J connectivity index is 1.61. The zero-order valence-electron chi connectivity index (χ0n) is 18.4. The summed E-state index contributed by atoms with van der Waals surface area (Å²) < 4.78 is 14.9. The summed E-state index contributed by atoms with van der Waals surface area (Å²) >= 11 is 0. The number of halogens is 1. The van der Waals surface area contributed by atoms with Crippen LogP contribution in [-0.4, -0.2) is 38.2 Å². The van der Waals surface area contributed by atoms with Crippen molar-refractivity contribution in [2.75, 3.05) is 6.54 Å². The van der Waals surface area contributed by atoms with Gasteiger partial charge in [0.1, 0.15) is 5.82 Å². The molecule has 3 aromatic rings. The predicted octanol–water partition coefficient (Wildman–Crippen LogP) is 4.80. The Morgan fingerprint density at radius 2 is 2.06 bits per heavy atom. The van der Waals surface area contributed by atoms with Gasteiger partial charge in [-0.25, -0.2) is 4.39 Å². The molecule has 1 fully saturated rings. The van der Waals surface area contributed by atoms with Gasteiger partial charge in [0, 0.05) is 42.7 Å². The molecule has 4 rings (SSSR count). The van der Waals surface area contributed by atoms with Crippen LogP contribution < -0.4 is 0 Å². The molecule has 0 bridgehead atoms. The van der Waals surface area contributed by atoms with E-state index < -0.39 is 0 Å². The van der Waals surface area contributed by atoms with Crippen molar-refractivity contribution in [3.8, 4) is 11.1 Å². The van der Waals surface area contributed by atoms with Crippen LogP contribution in [0.4, 0.5) is 4.39 Å². The van der Waals surface area contributed by atoms with Crippen LogP contribution in [0.1, 0.15) is 47.8 Å². The lowest BCUT2D eigenvalue weighted by Gasteiger charge is -2.40. The number of pyridine rings is 1. The van der Waals surface area contributed by atoms with E-state index in [-0.39, 0.29) is 17.8 Å². The van der Waals surface area contributed by atoms with Gasteiger partial charge < -0.3 is 4.90 Å². The summed E-state index contributed by atoms with van der Waals surface area (Å²) in [5, 5.41) is 4.28. The summed E-state index contributed by atoms with van der Waals surface area (Å²) in [6.45, 7) is 4.99. The van der Waals surface area contributed by atoms with E-state index in [1.54, 1.807) is 16.9 Å². The third-order valence-corrected chi connectivity index (χ3v) is 6.28. The van der Waals surface area contributed by atoms with Gasteiger partial charge in [-0.3, -0.25) is 14.5 Å². The highest BCUT2D eigenvalue weighted by atomic mass is 19.1. The first-order valence-corrected chi connectivity index (χ1v) is 10.9. The Kier molecular flexibility index (Phi) is 6.16. The Morgan fingerprint density at radius 3 is 2.77 bits per heavy atom. The van der Waals surface area contributed by atoms with E-state index >= 15 is 0 Å². The molecule has 2 atom stereocenters. The Labute approximate surface area is 182 Å². The zero-order valence-corrected chi connectivity index (χ0v) is 18.4. The van der Waals surface area contributed by atoms with Gasteiger partial charge in [0.15, 0.2) is 0 Å². The maximum Gasteiger partial charge on any atom is 0.254 e. The maximum atomic E-state index is 13.8. The van der Waals surface area contributed by atoms with Crippen LogP contribution in [0.5, 0.6) is 0 Å². The SMILES string of the molecule is Cc1ccc(-c2cnn(C)c2)c(C(=O)N2CCC[C@@H](C)[C@H]2CCc2ccc(F)cn2)c1. The molecule has 1 amide bonds. The number of piperidine rings is 1. The summed E-state index contributed by atoms with van der Waals surface area (Å²) in [4.78, 5) is 20.0. The average molecular weight is 421 g/mol. The molecule has 3 heterocycles. The van der Waals surface area contributed by atoms with Gasteiger partial charge in [0.05, 0.1) is 12.4 Å². The standard InChI is InChI=1S/C25H29FN4O/c1-17-6-10-22(19-14-28-29(3)16-19)23(13-17)25(31)30-12-4-5-18(2)24(30)11-9-21-8-7-20(26)15-27-21/h6-8,10,13-16,18,24H,4-5,9,11-12H2,1-3H3/t18-,24-/m1/s1. The predicted molar refractivity (Wildman–Crippen MR) is 119 cm³/mol. The largest absolute Gasteiger partial charge is 0.335 e. The van der Waals surface area contributed by atoms with Gasteiger partial charge >= 0.3 is 0 Å². The van der Waals surface area contributed by atoms with Gasteiger partial charge in [-0.15, -0.1) is 0 Å². The number of benzene rings is 1. The van der Waals surface area contributed by atoms with Crippen LogP contribution in [0, 0.1) is 18.7 Å². The second kappa shape index (κ2) is 9.00. The third kappa shape index (κ3) is 4.68. The minimum absolute atomic E-state index is 0.0752. The van der Waals surface area contributed by atoms with Crippen LogP contribution in [0.25, 0.3) is 11.1 Å². The molecule has 6 heteroatoms. The van der Waals surface area contributed by atoms with E-state index in [0.717, 1.165) is 60.2 Å². The highest BCUT2D eigenvalue weighted by molar-refractivity contribution is 6.01. The molecule has 162 valence electrons. The van der Waals surface area contributed by atoms with Gasteiger partial charge in [-0.1, -0.05) is 24.6 Å². The highest BCUT2D eigenvalue weighted by Gasteiger charge is 2.33. The second-order valence-electron chi connectivity index (χ2n) is 8.64. The molecule has 1 aliphatic heterocycles. The van der Waals surface area contributed by atoms with E-state index in [0.29, 0.717) is 5.92 Å². The van der Waals surface area contributed by atoms with E-state index in [1.165, 1.54) is 12.3 Å². The number of aryl methyl sites for hydroxylation is 3. The van der Waals surface area contributed by atoms with Gasteiger partial charge in [0.2, 0.25) is 0 Å². The van der Waals surface area contributed by atoms with Gasteiger partial charge in [-0.2, -0.15) is 5.10 Å². The number of hydrogen-bond donors (Lipinski definition) is 0. The number of carbonyl (C=O) groups excluding carboxylic acids is 1. The van der Waals surface area contributed by atoms with Crippen molar-refractivity contribution >= 4 is 5.91 Å². The summed E-state index contributed by atoms with van der Waals surface area (Å²) in [6.07, 6.45) is 8.66. The van der Waals surface area contributed by atoms with Crippen LogP contribution in [0.15, 0.2) is 48.9 Å². The van der Waals surface area contributed by atoms with Crippen LogP contribution >= 0.6 is 0 Å². The minimum atomic E-state index is -0.325. The zero-order chi connectivity index (χ0) is 22.0. The Hall–Kier alpha value is -3.02. The fraction of sp³-hybridized carbons (Fsp3) is 0.400. The van der Waals surface area contributed by atoms with Gasteiger partial charge in [-0.05, 0) is 62.3 Å². The summed E-state index contributed by atoms with van der Waals surface area (Å²) in [5.41, 5.74) is 4.52. The van der Waals surface area contributed by atoms with Crippen molar-refractivity contribution in [2.24, 2.45) is 13.0 Å². The van der Waals surface area contributed by atoms with Crippen LogP contribution in [-0.2, 0) is 13.5 Å². The quantitative estimate of drug-likeness (QED) is 0.596. The molecule has 31 heavy (non-hydrogen) atoms. The second-order valence-corrected chi connectivity index (χ2v) is 8.64. The molecule has 0 saturated carbocycles. The van der Waals surface area contributed by atoms with E-state index in [1.807, 2.05) is 43.3 Å². The Morgan fingerprint density at radius 1 is 1.23 bits per heavy atom. The topological polar surface area (TPSA) is 51.0 Å². The lowest BCUT2D eigenvalue weighted by atomic mass is 9.86. The first kappa shape index (κ1) is 21.2. The van der Waals surface area contributed by atoms with Crippen LogP contribution in [0.3, 0.4) is 0 Å². The molecule has 5 nitrogen and oxygen atoms in total. The molecule has 1 aromatic carbocycles. The maximum absolute atomic E-state index is 13.8. The van der Waals surface area contributed by atoms with Gasteiger partial charge in [0.25, 0.3) is 5.91 Å². The van der Waals surface area contributed by atoms with Crippen molar-refractivity contribution in [2.45, 2.75) is 45.6 Å². The lowest BCUT2D eigenvalue weighted by molar-refractivity contribution is 0.0499. The Bertz CT molecular complexity index is 1060. The molecular weight excluding hydrogens is 391 g/mol. The number of hydrogen-bond acceptors (Lipinski definition) is 3. The molecule has 1 aliphatic rings. The molecule has 1 saturated heterocycles. The molecule has 0 aliphatic carbocycles. The first-order chi connectivity index (χ1) is 14.9. The van der Waals surface area contributed by atoms with Crippen molar-refractivity contribution in [3.63, 3.8) is 0 Å². The molecule has 0 radical (unpaired) electrons. The monoisotopic (exact) mass is 420 g/mol. The summed E-state index contributed by atoms with van der Waals surface area (Å²) in [6, 6.07) is 9.36. The smallest absolute Gasteiger partial charge is 0.254 e. The van der Waals surface area contributed by atoms with Crippen molar-refractivity contribution in [1.29, 1.82) is 0 Å². The fourth-order valence-electron chi connectivity index (χ4n) is 4.59.